The van der Waals surface area contributed by atoms with E-state index in [0.717, 1.165) is 6.42 Å². The fourth-order valence-electron chi connectivity index (χ4n) is 1.65. The Hall–Kier alpha value is -1.46. The number of allylic oxidation sites excluding steroid dienone is 2. The number of carbonyl (C=O) groups is 1. The SMILES string of the molecule is O=C1C=[C+]CC(c2ccccc2)C1. The van der Waals surface area contributed by atoms with Gasteiger partial charge in [-0.05, 0) is 5.56 Å². The quantitative estimate of drug-likeness (QED) is 0.593. The molecule has 1 nitrogen and oxygen atoms in total. The van der Waals surface area contributed by atoms with Crippen molar-refractivity contribution < 1.29 is 4.79 Å². The van der Waals surface area contributed by atoms with Gasteiger partial charge < -0.3 is 0 Å². The smallest absolute Gasteiger partial charge is 0.177 e. The van der Waals surface area contributed by atoms with Crippen LogP contribution in [0.5, 0.6) is 0 Å². The summed E-state index contributed by atoms with van der Waals surface area (Å²) in [6, 6.07) is 10.2. The third kappa shape index (κ3) is 1.82. The summed E-state index contributed by atoms with van der Waals surface area (Å²) in [5, 5.41) is 0. The van der Waals surface area contributed by atoms with E-state index in [1.54, 1.807) is 6.08 Å². The number of hydrogen-bond donors (Lipinski definition) is 0. The van der Waals surface area contributed by atoms with E-state index in [9.17, 15) is 4.79 Å². The molecule has 64 valence electrons. The molecule has 0 N–H and O–H groups in total. The van der Waals surface area contributed by atoms with Gasteiger partial charge in [0.25, 0.3) is 0 Å². The van der Waals surface area contributed by atoms with Crippen LogP contribution in [0.4, 0.5) is 0 Å². The largest absolute Gasteiger partial charge is 0.302 e. The van der Waals surface area contributed by atoms with Crippen molar-refractivity contribution in [1.82, 2.24) is 0 Å². The van der Waals surface area contributed by atoms with Crippen LogP contribution in [0.2, 0.25) is 0 Å². The molecule has 0 spiro atoms. The van der Waals surface area contributed by atoms with Crippen molar-refractivity contribution >= 4 is 5.78 Å². The monoisotopic (exact) mass is 171 g/mol. The molecule has 13 heavy (non-hydrogen) atoms. The molecule has 0 fully saturated rings. The first kappa shape index (κ1) is 8.15. The third-order valence-electron chi connectivity index (χ3n) is 2.35. The number of ketones is 1. The zero-order valence-electron chi connectivity index (χ0n) is 7.36. The molecule has 0 amide bonds. The molecular weight excluding hydrogens is 160 g/mol. The maximum atomic E-state index is 11.1. The van der Waals surface area contributed by atoms with E-state index in [0.29, 0.717) is 12.3 Å². The average Bonchev–Trinajstić information content (AvgIpc) is 2.19. The first-order valence-corrected chi connectivity index (χ1v) is 4.50. The van der Waals surface area contributed by atoms with Crippen molar-refractivity contribution in [1.29, 1.82) is 0 Å². The molecule has 0 heterocycles. The molecule has 1 unspecified atom stereocenters. The van der Waals surface area contributed by atoms with Crippen LogP contribution in [0, 0.1) is 6.08 Å². The Bertz CT molecular complexity index is 324. The normalized spacial score (nSPS) is 21.2. The predicted molar refractivity (Wildman–Crippen MR) is 51.2 cm³/mol. The highest BCUT2D eigenvalue weighted by Gasteiger charge is 2.24. The first-order valence-electron chi connectivity index (χ1n) is 4.50. The Labute approximate surface area is 78.1 Å². The minimum absolute atomic E-state index is 0.195. The fraction of sp³-hybridized carbons (Fsp3) is 0.250. The molecule has 0 radical (unpaired) electrons. The van der Waals surface area contributed by atoms with Gasteiger partial charge in [0.1, 0.15) is 0 Å². The summed E-state index contributed by atoms with van der Waals surface area (Å²) >= 11 is 0. The Morgan fingerprint density at radius 3 is 2.69 bits per heavy atom. The molecule has 0 saturated carbocycles. The molecule has 1 heteroatoms. The van der Waals surface area contributed by atoms with Crippen LogP contribution in [0.25, 0.3) is 0 Å². The summed E-state index contributed by atoms with van der Waals surface area (Å²) in [5.41, 5.74) is 1.25. The van der Waals surface area contributed by atoms with E-state index in [1.165, 1.54) is 5.56 Å². The van der Waals surface area contributed by atoms with E-state index >= 15 is 0 Å². The number of carbonyl (C=O) groups excluding carboxylic acids is 1. The van der Waals surface area contributed by atoms with Crippen LogP contribution in [0.15, 0.2) is 36.4 Å². The van der Waals surface area contributed by atoms with Crippen LogP contribution < -0.4 is 0 Å². The van der Waals surface area contributed by atoms with Gasteiger partial charge in [-0.3, -0.25) is 0 Å². The van der Waals surface area contributed by atoms with Gasteiger partial charge in [0.2, 0.25) is 0 Å². The van der Waals surface area contributed by atoms with Crippen molar-refractivity contribution in [2.45, 2.75) is 18.8 Å². The van der Waals surface area contributed by atoms with Gasteiger partial charge in [-0.1, -0.05) is 30.3 Å². The lowest BCUT2D eigenvalue weighted by Crippen LogP contribution is -2.08. The second-order valence-corrected chi connectivity index (χ2v) is 3.33. The lowest BCUT2D eigenvalue weighted by molar-refractivity contribution is -0.115. The summed E-state index contributed by atoms with van der Waals surface area (Å²) in [6.07, 6.45) is 6.08. The summed E-state index contributed by atoms with van der Waals surface area (Å²) < 4.78 is 0. The van der Waals surface area contributed by atoms with E-state index in [4.69, 9.17) is 0 Å². The molecule has 0 aliphatic heterocycles. The van der Waals surface area contributed by atoms with Crippen molar-refractivity contribution in [3.8, 4) is 0 Å². The highest BCUT2D eigenvalue weighted by Crippen LogP contribution is 2.26. The van der Waals surface area contributed by atoms with Gasteiger partial charge in [-0.25, -0.2) is 0 Å². The zero-order valence-corrected chi connectivity index (χ0v) is 7.36. The number of rotatable bonds is 1. The molecule has 1 aliphatic carbocycles. The first-order chi connectivity index (χ1) is 6.36. The topological polar surface area (TPSA) is 17.1 Å². The van der Waals surface area contributed by atoms with Gasteiger partial charge in [0.05, 0.1) is 18.9 Å². The second kappa shape index (κ2) is 3.51. The van der Waals surface area contributed by atoms with Crippen molar-refractivity contribution in [2.24, 2.45) is 0 Å². The summed E-state index contributed by atoms with van der Waals surface area (Å²) in [6.45, 7) is 0. The summed E-state index contributed by atoms with van der Waals surface area (Å²) in [7, 11) is 0. The van der Waals surface area contributed by atoms with Gasteiger partial charge in [0.15, 0.2) is 6.08 Å². The van der Waals surface area contributed by atoms with Crippen LogP contribution in [-0.4, -0.2) is 5.78 Å². The van der Waals surface area contributed by atoms with Crippen molar-refractivity contribution in [2.75, 3.05) is 0 Å². The third-order valence-corrected chi connectivity index (χ3v) is 2.35. The van der Waals surface area contributed by atoms with Gasteiger partial charge in [-0.2, -0.15) is 4.79 Å². The lowest BCUT2D eigenvalue weighted by Gasteiger charge is -2.10. The molecule has 1 aliphatic rings. The predicted octanol–water partition coefficient (Wildman–Crippen LogP) is 2.49. The van der Waals surface area contributed by atoms with Gasteiger partial charge in [0, 0.05) is 5.92 Å². The highest BCUT2D eigenvalue weighted by atomic mass is 16.1. The average molecular weight is 171 g/mol. The minimum Gasteiger partial charge on any atom is -0.177 e. The van der Waals surface area contributed by atoms with E-state index in [-0.39, 0.29) is 5.78 Å². The lowest BCUT2D eigenvalue weighted by atomic mass is 9.87. The van der Waals surface area contributed by atoms with Crippen LogP contribution >= 0.6 is 0 Å². The molecule has 1 atom stereocenters. The van der Waals surface area contributed by atoms with Gasteiger partial charge >= 0.3 is 5.78 Å². The number of benzene rings is 1. The molecule has 1 aromatic carbocycles. The van der Waals surface area contributed by atoms with E-state index < -0.39 is 0 Å². The standard InChI is InChI=1S/C12H11O/c13-12-8-4-7-11(9-12)10-5-2-1-3-6-10/h1-3,5-6,8,11H,7,9H2/q+1. The fourth-order valence-corrected chi connectivity index (χ4v) is 1.65. The molecule has 0 bridgehead atoms. The maximum absolute atomic E-state index is 11.1. The van der Waals surface area contributed by atoms with E-state index in [2.05, 4.69) is 18.2 Å². The Morgan fingerprint density at radius 2 is 2.00 bits per heavy atom. The summed E-state index contributed by atoms with van der Waals surface area (Å²) in [5.74, 6) is 0.541. The van der Waals surface area contributed by atoms with Crippen LogP contribution in [0.1, 0.15) is 24.3 Å². The number of hydrogen-bond acceptors (Lipinski definition) is 1. The van der Waals surface area contributed by atoms with Crippen molar-refractivity contribution in [3.63, 3.8) is 0 Å². The van der Waals surface area contributed by atoms with Crippen LogP contribution in [0.3, 0.4) is 0 Å². The summed E-state index contributed by atoms with van der Waals surface area (Å²) in [4.78, 5) is 11.1. The highest BCUT2D eigenvalue weighted by molar-refractivity contribution is 5.90. The maximum Gasteiger partial charge on any atom is 0.302 e. The minimum atomic E-state index is 0.195. The molecule has 2 rings (SSSR count). The molecule has 0 saturated heterocycles. The Morgan fingerprint density at radius 1 is 1.23 bits per heavy atom. The Kier molecular flexibility index (Phi) is 2.20. The van der Waals surface area contributed by atoms with E-state index in [1.807, 2.05) is 18.2 Å². The zero-order chi connectivity index (χ0) is 9.10. The molecule has 0 aromatic heterocycles. The molecule has 1 aromatic rings. The van der Waals surface area contributed by atoms with Gasteiger partial charge in [-0.15, -0.1) is 0 Å². The van der Waals surface area contributed by atoms with Crippen LogP contribution in [-0.2, 0) is 4.79 Å². The Balaban J connectivity index is 2.19. The van der Waals surface area contributed by atoms with Crippen molar-refractivity contribution in [3.05, 3.63) is 48.0 Å². The second-order valence-electron chi connectivity index (χ2n) is 3.33. The molecular formula is C12H11O+.